The zero-order valence-corrected chi connectivity index (χ0v) is 14.4. The van der Waals surface area contributed by atoms with Gasteiger partial charge in [0.2, 0.25) is 9.99 Å². The summed E-state index contributed by atoms with van der Waals surface area (Å²) in [5, 5.41) is 4.98. The van der Waals surface area contributed by atoms with Gasteiger partial charge in [-0.3, -0.25) is 4.72 Å². The number of benzene rings is 1. The first-order chi connectivity index (χ1) is 10.8. The van der Waals surface area contributed by atoms with E-state index in [-0.39, 0.29) is 16.6 Å². The minimum absolute atomic E-state index is 0.0242. The lowest BCUT2D eigenvalue weighted by atomic mass is 10.2. The van der Waals surface area contributed by atoms with Gasteiger partial charge in [0.05, 0.1) is 5.69 Å². The quantitative estimate of drug-likeness (QED) is 0.781. The molecule has 1 N–H and O–H groups in total. The minimum atomic E-state index is -3.90. The molecule has 0 aliphatic heterocycles. The first-order valence-electron chi connectivity index (χ1n) is 6.92. The van der Waals surface area contributed by atoms with Crippen LogP contribution in [0.25, 0.3) is 4.96 Å². The summed E-state index contributed by atoms with van der Waals surface area (Å²) in [7, 11) is -3.90. The van der Waals surface area contributed by atoms with Crippen LogP contribution in [0.2, 0.25) is 0 Å². The molecule has 122 valence electrons. The van der Waals surface area contributed by atoms with Crippen molar-refractivity contribution in [3.63, 3.8) is 0 Å². The Morgan fingerprint density at radius 1 is 1.26 bits per heavy atom. The maximum atomic E-state index is 13.0. The summed E-state index contributed by atoms with van der Waals surface area (Å²) in [5.74, 6) is -0.512. The lowest BCUT2D eigenvalue weighted by Crippen LogP contribution is -2.17. The molecule has 0 bridgehead atoms. The van der Waals surface area contributed by atoms with Crippen LogP contribution in [0.4, 0.5) is 10.1 Å². The van der Waals surface area contributed by atoms with E-state index in [0.717, 1.165) is 5.01 Å². The van der Waals surface area contributed by atoms with E-state index in [0.29, 0.717) is 10.7 Å². The lowest BCUT2D eigenvalue weighted by Gasteiger charge is -2.10. The topological polar surface area (TPSA) is 76.4 Å². The fourth-order valence-corrected chi connectivity index (χ4v) is 4.45. The SMILES string of the molecule is Cc1nn2c(S(=O)(=O)Nc3ccc(F)cc3)c(C(C)C)nc2s1. The van der Waals surface area contributed by atoms with Crippen molar-refractivity contribution in [1.82, 2.24) is 14.6 Å². The van der Waals surface area contributed by atoms with E-state index in [1.54, 1.807) is 6.92 Å². The molecule has 2 aromatic heterocycles. The number of nitrogens with one attached hydrogen (secondary N) is 1. The van der Waals surface area contributed by atoms with Crippen molar-refractivity contribution in [2.75, 3.05) is 4.72 Å². The molecule has 3 aromatic rings. The van der Waals surface area contributed by atoms with E-state index in [1.165, 1.54) is 40.1 Å². The van der Waals surface area contributed by atoms with Crippen LogP contribution < -0.4 is 4.72 Å². The number of rotatable bonds is 4. The molecule has 0 unspecified atom stereocenters. The first-order valence-corrected chi connectivity index (χ1v) is 9.22. The van der Waals surface area contributed by atoms with Crippen molar-refractivity contribution in [2.45, 2.75) is 31.7 Å². The minimum Gasteiger partial charge on any atom is -0.278 e. The lowest BCUT2D eigenvalue weighted by molar-refractivity contribution is 0.589. The van der Waals surface area contributed by atoms with Crippen LogP contribution in [-0.2, 0) is 10.0 Å². The zero-order chi connectivity index (χ0) is 16.8. The number of imidazole rings is 1. The summed E-state index contributed by atoms with van der Waals surface area (Å²) < 4.78 is 42.4. The van der Waals surface area contributed by atoms with Gasteiger partial charge in [-0.05, 0) is 37.1 Å². The van der Waals surface area contributed by atoms with Gasteiger partial charge in [-0.25, -0.2) is 9.37 Å². The fourth-order valence-electron chi connectivity index (χ4n) is 2.19. The predicted octanol–water partition coefficient (Wildman–Crippen LogP) is 3.16. The summed E-state index contributed by atoms with van der Waals surface area (Å²) in [6, 6.07) is 5.12. The van der Waals surface area contributed by atoms with E-state index in [1.807, 2.05) is 13.8 Å². The maximum Gasteiger partial charge on any atom is 0.281 e. The molecule has 0 aliphatic rings. The van der Waals surface area contributed by atoms with Gasteiger partial charge >= 0.3 is 0 Å². The molecular formula is C14H15FN4O2S2. The molecule has 0 saturated heterocycles. The van der Waals surface area contributed by atoms with Gasteiger partial charge in [-0.15, -0.1) is 0 Å². The number of hydrogen-bond acceptors (Lipinski definition) is 5. The normalized spacial score (nSPS) is 12.2. The first kappa shape index (κ1) is 15.9. The number of aromatic nitrogens is 3. The molecule has 23 heavy (non-hydrogen) atoms. The predicted molar refractivity (Wildman–Crippen MR) is 86.9 cm³/mol. The van der Waals surface area contributed by atoms with Crippen LogP contribution in [0.5, 0.6) is 0 Å². The molecule has 0 atom stereocenters. The van der Waals surface area contributed by atoms with E-state index >= 15 is 0 Å². The Hall–Kier alpha value is -2.00. The molecule has 0 radical (unpaired) electrons. The van der Waals surface area contributed by atoms with Gasteiger partial charge in [0, 0.05) is 5.69 Å². The highest BCUT2D eigenvalue weighted by Gasteiger charge is 2.28. The third-order valence-corrected chi connectivity index (χ3v) is 5.41. The van der Waals surface area contributed by atoms with Crippen LogP contribution >= 0.6 is 11.3 Å². The van der Waals surface area contributed by atoms with Crippen LogP contribution in [0.3, 0.4) is 0 Å². The molecular weight excluding hydrogens is 339 g/mol. The second kappa shape index (κ2) is 5.57. The fraction of sp³-hybridized carbons (Fsp3) is 0.286. The van der Waals surface area contributed by atoms with Crippen LogP contribution in [-0.4, -0.2) is 23.0 Å². The Labute approximate surface area is 137 Å². The number of nitrogens with zero attached hydrogens (tertiary/aromatic N) is 3. The Balaban J connectivity index is 2.12. The molecule has 2 heterocycles. The van der Waals surface area contributed by atoms with Crippen molar-refractivity contribution < 1.29 is 12.8 Å². The molecule has 3 rings (SSSR count). The van der Waals surface area contributed by atoms with Gasteiger partial charge in [0.25, 0.3) is 10.0 Å². The van der Waals surface area contributed by atoms with Crippen LogP contribution in [0.15, 0.2) is 29.3 Å². The van der Waals surface area contributed by atoms with Gasteiger partial charge in [0.1, 0.15) is 10.8 Å². The third kappa shape index (κ3) is 2.93. The zero-order valence-electron chi connectivity index (χ0n) is 12.7. The summed E-state index contributed by atoms with van der Waals surface area (Å²) >= 11 is 1.33. The Bertz CT molecular complexity index is 959. The third-order valence-electron chi connectivity index (χ3n) is 3.19. The van der Waals surface area contributed by atoms with Gasteiger partial charge < -0.3 is 0 Å². The van der Waals surface area contributed by atoms with Crippen molar-refractivity contribution >= 4 is 32.0 Å². The van der Waals surface area contributed by atoms with E-state index in [2.05, 4.69) is 14.8 Å². The highest BCUT2D eigenvalue weighted by Crippen LogP contribution is 2.28. The molecule has 1 aromatic carbocycles. The Morgan fingerprint density at radius 2 is 1.91 bits per heavy atom. The standard InChI is InChI=1S/C14H15FN4O2S2/c1-8(2)12-13(19-14(16-12)22-9(3)17-19)23(20,21)18-11-6-4-10(15)5-7-11/h4-8,18H,1-3H3. The van der Waals surface area contributed by atoms with Crippen molar-refractivity contribution in [3.05, 3.63) is 40.8 Å². The van der Waals surface area contributed by atoms with Gasteiger partial charge in [-0.1, -0.05) is 25.2 Å². The average Bonchev–Trinajstić information content (AvgIpc) is 2.96. The van der Waals surface area contributed by atoms with E-state index < -0.39 is 15.8 Å². The highest BCUT2D eigenvalue weighted by molar-refractivity contribution is 7.92. The number of anilines is 1. The second-order valence-electron chi connectivity index (χ2n) is 5.38. The van der Waals surface area contributed by atoms with Crippen molar-refractivity contribution in [3.8, 4) is 0 Å². The van der Waals surface area contributed by atoms with Gasteiger partial charge in [0.15, 0.2) is 0 Å². The molecule has 0 fully saturated rings. The smallest absolute Gasteiger partial charge is 0.278 e. The number of hydrogen-bond donors (Lipinski definition) is 1. The van der Waals surface area contributed by atoms with E-state index in [9.17, 15) is 12.8 Å². The average molecular weight is 354 g/mol. The number of fused-ring (bicyclic) bond motifs is 1. The largest absolute Gasteiger partial charge is 0.281 e. The molecule has 6 nitrogen and oxygen atoms in total. The summed E-state index contributed by atoms with van der Waals surface area (Å²) in [6.07, 6.45) is 0. The second-order valence-corrected chi connectivity index (χ2v) is 8.14. The summed E-state index contributed by atoms with van der Waals surface area (Å²) in [4.78, 5) is 4.93. The Morgan fingerprint density at radius 3 is 2.52 bits per heavy atom. The number of sulfonamides is 1. The van der Waals surface area contributed by atoms with Crippen molar-refractivity contribution in [2.24, 2.45) is 0 Å². The van der Waals surface area contributed by atoms with Crippen LogP contribution in [0.1, 0.15) is 30.5 Å². The molecule has 0 amide bonds. The molecule has 0 saturated carbocycles. The summed E-state index contributed by atoms with van der Waals surface area (Å²) in [5.41, 5.74) is 0.737. The highest BCUT2D eigenvalue weighted by atomic mass is 32.2. The molecule has 0 spiro atoms. The number of aryl methyl sites for hydroxylation is 1. The summed E-state index contributed by atoms with van der Waals surface area (Å²) in [6.45, 7) is 5.53. The number of halogens is 1. The van der Waals surface area contributed by atoms with Crippen LogP contribution in [0, 0.1) is 12.7 Å². The Kier molecular flexibility index (Phi) is 3.85. The maximum absolute atomic E-state index is 13.0. The molecule has 0 aliphatic carbocycles. The van der Waals surface area contributed by atoms with Crippen molar-refractivity contribution in [1.29, 1.82) is 0 Å². The van der Waals surface area contributed by atoms with E-state index in [4.69, 9.17) is 0 Å². The van der Waals surface area contributed by atoms with Gasteiger partial charge in [-0.2, -0.15) is 18.0 Å². The molecule has 9 heteroatoms. The monoisotopic (exact) mass is 354 g/mol.